The Morgan fingerprint density at radius 3 is 2.17 bits per heavy atom. The van der Waals surface area contributed by atoms with E-state index in [2.05, 4.69) is 10.0 Å². The summed E-state index contributed by atoms with van der Waals surface area (Å²) in [6, 6.07) is 17.5. The number of carboxylic acid groups (broad SMARTS) is 1. The lowest BCUT2D eigenvalue weighted by molar-refractivity contribution is -0.140. The quantitative estimate of drug-likeness (QED) is 0.209. The summed E-state index contributed by atoms with van der Waals surface area (Å²) < 4.78 is 39.5. The lowest BCUT2D eigenvalue weighted by Crippen LogP contribution is -2.44. The van der Waals surface area contributed by atoms with Gasteiger partial charge in [-0.25, -0.2) is 8.42 Å². The maximum Gasteiger partial charge on any atom is 0.322 e. The van der Waals surface area contributed by atoms with Crippen LogP contribution < -0.4 is 14.8 Å². The van der Waals surface area contributed by atoms with Crippen molar-refractivity contribution >= 4 is 38.6 Å². The van der Waals surface area contributed by atoms with Gasteiger partial charge in [0.1, 0.15) is 24.0 Å². The minimum atomic E-state index is -4.02. The lowest BCUT2D eigenvalue weighted by Gasteiger charge is -2.18. The van der Waals surface area contributed by atoms with Crippen LogP contribution in [0.15, 0.2) is 76.0 Å². The van der Waals surface area contributed by atoms with E-state index in [0.29, 0.717) is 29.2 Å². The summed E-state index contributed by atoms with van der Waals surface area (Å²) in [6.07, 6.45) is 0. The number of rotatable bonds is 12. The second kappa shape index (κ2) is 12.8. The number of carboxylic acids is 1. The molecule has 10 nitrogen and oxygen atoms in total. The Balaban J connectivity index is 1.46. The second-order valence-electron chi connectivity index (χ2n) is 10.6. The van der Waals surface area contributed by atoms with Crippen LogP contribution in [-0.4, -0.2) is 63.6 Å². The molecule has 4 aromatic rings. The average molecular weight is 594 g/mol. The number of fused-ring (bicyclic) bond motifs is 1. The van der Waals surface area contributed by atoms with Crippen LogP contribution >= 0.6 is 0 Å². The Morgan fingerprint density at radius 1 is 0.976 bits per heavy atom. The third kappa shape index (κ3) is 6.99. The van der Waals surface area contributed by atoms with Gasteiger partial charge in [0, 0.05) is 17.8 Å². The Bertz CT molecular complexity index is 1680. The number of likely N-dealkylation sites (N-methyl/N-ethyl adjacent to an activating group) is 1. The van der Waals surface area contributed by atoms with Gasteiger partial charge in [0.15, 0.2) is 5.76 Å². The first-order valence-corrected chi connectivity index (χ1v) is 14.9. The molecule has 1 atom stereocenters. The first kappa shape index (κ1) is 30.8. The van der Waals surface area contributed by atoms with Gasteiger partial charge in [0.2, 0.25) is 10.0 Å². The van der Waals surface area contributed by atoms with E-state index in [1.54, 1.807) is 56.3 Å². The van der Waals surface area contributed by atoms with Crippen molar-refractivity contribution in [2.24, 2.45) is 5.92 Å². The van der Waals surface area contributed by atoms with Crippen molar-refractivity contribution in [3.05, 3.63) is 78.1 Å². The molecule has 1 amide bonds. The number of nitrogens with one attached hydrogen (secondary N) is 2. The molecule has 3 aromatic carbocycles. The molecule has 0 saturated heterocycles. The van der Waals surface area contributed by atoms with E-state index in [0.717, 1.165) is 23.1 Å². The molecule has 42 heavy (non-hydrogen) atoms. The van der Waals surface area contributed by atoms with E-state index in [-0.39, 0.29) is 16.6 Å². The molecule has 4 rings (SSSR count). The molecule has 11 heteroatoms. The van der Waals surface area contributed by atoms with Crippen LogP contribution in [0, 0.1) is 12.8 Å². The lowest BCUT2D eigenvalue weighted by atomic mass is 10.1. The summed E-state index contributed by atoms with van der Waals surface area (Å²) >= 11 is 0. The number of carbonyl (C=O) groups excluding carboxylic acids is 1. The second-order valence-corrected chi connectivity index (χ2v) is 12.3. The molecule has 1 heterocycles. The number of aryl methyl sites for hydroxylation is 1. The fourth-order valence-corrected chi connectivity index (χ4v) is 5.75. The summed E-state index contributed by atoms with van der Waals surface area (Å²) in [5.41, 5.74) is 3.36. The Labute approximate surface area is 245 Å². The van der Waals surface area contributed by atoms with Gasteiger partial charge in [-0.2, -0.15) is 4.72 Å². The zero-order valence-electron chi connectivity index (χ0n) is 24.2. The van der Waals surface area contributed by atoms with Crippen molar-refractivity contribution in [2.45, 2.75) is 31.7 Å². The van der Waals surface area contributed by atoms with Crippen LogP contribution in [0.4, 0.5) is 5.69 Å². The minimum Gasteiger partial charge on any atom is -0.491 e. The molecule has 0 aliphatic rings. The van der Waals surface area contributed by atoms with Crippen LogP contribution in [0.1, 0.15) is 30.0 Å². The monoisotopic (exact) mass is 593 g/mol. The van der Waals surface area contributed by atoms with Crippen molar-refractivity contribution in [1.29, 1.82) is 0 Å². The summed E-state index contributed by atoms with van der Waals surface area (Å²) in [5.74, 6) is -1.18. The highest BCUT2D eigenvalue weighted by Gasteiger charge is 2.28. The summed E-state index contributed by atoms with van der Waals surface area (Å²) in [4.78, 5) is 26.5. The van der Waals surface area contributed by atoms with Crippen LogP contribution in [0.25, 0.3) is 22.1 Å². The normalized spacial score (nSPS) is 12.5. The maximum atomic E-state index is 13.1. The van der Waals surface area contributed by atoms with Crippen molar-refractivity contribution in [2.75, 3.05) is 32.6 Å². The smallest absolute Gasteiger partial charge is 0.322 e. The highest BCUT2D eigenvalue weighted by molar-refractivity contribution is 7.89. The zero-order chi connectivity index (χ0) is 30.6. The number of ether oxygens (including phenoxy) is 1. The topological polar surface area (TPSA) is 138 Å². The number of amides is 1. The number of aliphatic carboxylic acids is 1. The van der Waals surface area contributed by atoms with E-state index in [9.17, 15) is 23.1 Å². The predicted octanol–water partition coefficient (Wildman–Crippen LogP) is 4.99. The van der Waals surface area contributed by atoms with Crippen LogP contribution in [0.2, 0.25) is 0 Å². The van der Waals surface area contributed by atoms with Gasteiger partial charge in [0.25, 0.3) is 5.91 Å². The van der Waals surface area contributed by atoms with E-state index >= 15 is 0 Å². The van der Waals surface area contributed by atoms with Gasteiger partial charge in [-0.05, 0) is 74.5 Å². The maximum absolute atomic E-state index is 13.1. The molecule has 0 aliphatic carbocycles. The van der Waals surface area contributed by atoms with Crippen molar-refractivity contribution in [1.82, 2.24) is 9.62 Å². The van der Waals surface area contributed by atoms with Crippen LogP contribution in [0.3, 0.4) is 0 Å². The fraction of sp³-hybridized carbons (Fsp3) is 0.290. The minimum absolute atomic E-state index is 0.0329. The Hall–Kier alpha value is -4.19. The predicted molar refractivity (Wildman–Crippen MR) is 161 cm³/mol. The van der Waals surface area contributed by atoms with E-state index in [1.165, 1.54) is 12.1 Å². The van der Waals surface area contributed by atoms with Crippen molar-refractivity contribution in [3.63, 3.8) is 0 Å². The summed E-state index contributed by atoms with van der Waals surface area (Å²) in [6.45, 7) is 6.35. The highest BCUT2D eigenvalue weighted by Crippen LogP contribution is 2.34. The number of furan rings is 1. The molecule has 0 bridgehead atoms. The third-order valence-corrected chi connectivity index (χ3v) is 8.23. The Morgan fingerprint density at radius 2 is 1.60 bits per heavy atom. The number of anilines is 1. The van der Waals surface area contributed by atoms with Crippen LogP contribution in [0.5, 0.6) is 5.75 Å². The number of benzene rings is 3. The van der Waals surface area contributed by atoms with Gasteiger partial charge in [-0.1, -0.05) is 44.2 Å². The molecule has 0 radical (unpaired) electrons. The molecule has 0 saturated carbocycles. The van der Waals surface area contributed by atoms with E-state index in [1.807, 2.05) is 38.1 Å². The number of carbonyl (C=O) groups is 2. The molecule has 222 valence electrons. The van der Waals surface area contributed by atoms with Crippen molar-refractivity contribution < 1.29 is 32.3 Å². The van der Waals surface area contributed by atoms with Gasteiger partial charge < -0.3 is 24.5 Å². The highest BCUT2D eigenvalue weighted by atomic mass is 32.2. The molecular weight excluding hydrogens is 558 g/mol. The largest absolute Gasteiger partial charge is 0.491 e. The van der Waals surface area contributed by atoms with Gasteiger partial charge >= 0.3 is 5.97 Å². The van der Waals surface area contributed by atoms with E-state index < -0.39 is 28.0 Å². The molecule has 1 aromatic heterocycles. The van der Waals surface area contributed by atoms with Crippen LogP contribution in [-0.2, 0) is 14.8 Å². The van der Waals surface area contributed by atoms with Gasteiger partial charge in [0.05, 0.1) is 10.3 Å². The summed E-state index contributed by atoms with van der Waals surface area (Å²) in [5, 5.41) is 13.0. The molecule has 0 spiro atoms. The average Bonchev–Trinajstić information content (AvgIpc) is 3.29. The third-order valence-electron chi connectivity index (χ3n) is 6.77. The number of sulfonamides is 1. The standard InChI is InChI=1S/C31H35N3O7S/c1-19(2)28(31(36)37)33-42(38,39)24-15-11-22(12-16-24)21-9-13-23(14-10-21)32-30(35)29-20(3)27-25(40-18-17-34(4)5)7-6-8-26(27)41-29/h6-16,19,28,33H,17-18H2,1-5H3,(H,32,35)(H,36,37). The SMILES string of the molecule is Cc1c(C(=O)Nc2ccc(-c3ccc(S(=O)(=O)NC(C(=O)O)C(C)C)cc3)cc2)oc2cccc(OCCN(C)C)c12. The van der Waals surface area contributed by atoms with Gasteiger partial charge in [-0.3, -0.25) is 9.59 Å². The first-order chi connectivity index (χ1) is 19.9. The van der Waals surface area contributed by atoms with Crippen molar-refractivity contribution in [3.8, 4) is 16.9 Å². The molecule has 1 unspecified atom stereocenters. The zero-order valence-corrected chi connectivity index (χ0v) is 25.0. The number of hydrogen-bond donors (Lipinski definition) is 3. The van der Waals surface area contributed by atoms with E-state index in [4.69, 9.17) is 9.15 Å². The first-order valence-electron chi connectivity index (χ1n) is 13.4. The number of hydrogen-bond acceptors (Lipinski definition) is 7. The fourth-order valence-electron chi connectivity index (χ4n) is 4.41. The molecule has 0 aliphatic heterocycles. The number of nitrogens with zero attached hydrogens (tertiary/aromatic N) is 1. The molecule has 3 N–H and O–H groups in total. The molecular formula is C31H35N3O7S. The Kier molecular flexibility index (Phi) is 9.35. The summed E-state index contributed by atoms with van der Waals surface area (Å²) in [7, 11) is -0.0779. The van der Waals surface area contributed by atoms with Gasteiger partial charge in [-0.15, -0.1) is 0 Å². The molecule has 0 fully saturated rings.